The topological polar surface area (TPSA) is 48.1 Å². The minimum atomic E-state index is -0.319. The molecule has 0 aromatic carbocycles. The molecule has 2 N–H and O–H groups in total. The lowest BCUT2D eigenvalue weighted by molar-refractivity contribution is 0.205. The van der Waals surface area contributed by atoms with Crippen molar-refractivity contribution in [3.05, 3.63) is 23.0 Å². The number of halogens is 1. The SMILES string of the molecule is Cc1cc(Cl)ncc1OCC(C)(N)CC(C)C. The van der Waals surface area contributed by atoms with Crippen LogP contribution in [0.1, 0.15) is 32.8 Å². The van der Waals surface area contributed by atoms with E-state index in [1.165, 1.54) is 0 Å². The summed E-state index contributed by atoms with van der Waals surface area (Å²) in [5.41, 5.74) is 6.83. The summed E-state index contributed by atoms with van der Waals surface area (Å²) >= 11 is 5.78. The van der Waals surface area contributed by atoms with Crippen molar-refractivity contribution in [1.82, 2.24) is 4.98 Å². The zero-order chi connectivity index (χ0) is 13.1. The number of aryl methyl sites for hydroxylation is 1. The predicted octanol–water partition coefficient (Wildman–Crippen LogP) is 3.19. The smallest absolute Gasteiger partial charge is 0.140 e. The molecule has 1 heterocycles. The third-order valence-corrected chi connectivity index (χ3v) is 2.67. The summed E-state index contributed by atoms with van der Waals surface area (Å²) in [4.78, 5) is 4.00. The lowest BCUT2D eigenvalue weighted by Crippen LogP contribution is -2.43. The first kappa shape index (κ1) is 14.3. The highest BCUT2D eigenvalue weighted by Crippen LogP contribution is 2.21. The van der Waals surface area contributed by atoms with Crippen molar-refractivity contribution in [2.24, 2.45) is 11.7 Å². The van der Waals surface area contributed by atoms with Crippen LogP contribution in [-0.2, 0) is 0 Å². The molecule has 0 bridgehead atoms. The molecule has 0 spiro atoms. The fourth-order valence-electron chi connectivity index (χ4n) is 1.89. The fraction of sp³-hybridized carbons (Fsp3) is 0.615. The van der Waals surface area contributed by atoms with Gasteiger partial charge in [-0.15, -0.1) is 0 Å². The highest BCUT2D eigenvalue weighted by Gasteiger charge is 2.21. The van der Waals surface area contributed by atoms with Gasteiger partial charge in [0.05, 0.1) is 6.20 Å². The lowest BCUT2D eigenvalue weighted by Gasteiger charge is -2.26. The molecule has 1 atom stereocenters. The summed E-state index contributed by atoms with van der Waals surface area (Å²) in [6, 6.07) is 1.78. The van der Waals surface area contributed by atoms with Crippen molar-refractivity contribution in [3.8, 4) is 5.75 Å². The Hall–Kier alpha value is -0.800. The van der Waals surface area contributed by atoms with Gasteiger partial charge in [0.1, 0.15) is 17.5 Å². The van der Waals surface area contributed by atoms with E-state index >= 15 is 0 Å². The number of aromatic nitrogens is 1. The molecule has 0 aliphatic carbocycles. The Bertz CT molecular complexity index is 378. The highest BCUT2D eigenvalue weighted by molar-refractivity contribution is 6.29. The van der Waals surface area contributed by atoms with Crippen LogP contribution in [0.3, 0.4) is 0 Å². The molecule has 0 saturated heterocycles. The first-order chi connectivity index (χ1) is 7.80. The Morgan fingerprint density at radius 1 is 1.53 bits per heavy atom. The van der Waals surface area contributed by atoms with Gasteiger partial charge in [0.2, 0.25) is 0 Å². The molecule has 96 valence electrons. The number of pyridine rings is 1. The standard InChI is InChI=1S/C13H21ClN2O/c1-9(2)6-13(4,15)8-17-11-7-16-12(14)5-10(11)3/h5,7,9H,6,8,15H2,1-4H3. The first-order valence-corrected chi connectivity index (χ1v) is 6.22. The minimum Gasteiger partial charge on any atom is -0.490 e. The van der Waals surface area contributed by atoms with Crippen LogP contribution < -0.4 is 10.5 Å². The van der Waals surface area contributed by atoms with E-state index in [-0.39, 0.29) is 5.54 Å². The van der Waals surface area contributed by atoms with E-state index in [1.54, 1.807) is 12.3 Å². The second kappa shape index (κ2) is 5.69. The maximum atomic E-state index is 6.17. The van der Waals surface area contributed by atoms with E-state index in [2.05, 4.69) is 18.8 Å². The highest BCUT2D eigenvalue weighted by atomic mass is 35.5. The third kappa shape index (κ3) is 4.92. The number of hydrogen-bond donors (Lipinski definition) is 1. The molecule has 3 nitrogen and oxygen atoms in total. The van der Waals surface area contributed by atoms with Gasteiger partial charge >= 0.3 is 0 Å². The Kier molecular flexibility index (Phi) is 4.78. The summed E-state index contributed by atoms with van der Waals surface area (Å²) in [7, 11) is 0. The van der Waals surface area contributed by atoms with Crippen molar-refractivity contribution in [2.45, 2.75) is 39.7 Å². The molecule has 0 aliphatic heterocycles. The monoisotopic (exact) mass is 256 g/mol. The number of rotatable bonds is 5. The van der Waals surface area contributed by atoms with Gasteiger partial charge < -0.3 is 10.5 Å². The Labute approximate surface area is 108 Å². The second-order valence-electron chi connectivity index (χ2n) is 5.31. The Morgan fingerprint density at radius 3 is 2.71 bits per heavy atom. The second-order valence-corrected chi connectivity index (χ2v) is 5.70. The van der Waals surface area contributed by atoms with Crippen molar-refractivity contribution < 1.29 is 4.74 Å². The van der Waals surface area contributed by atoms with Crippen molar-refractivity contribution >= 4 is 11.6 Å². The van der Waals surface area contributed by atoms with Gasteiger partial charge in [0.25, 0.3) is 0 Å². The molecule has 0 aliphatic rings. The van der Waals surface area contributed by atoms with E-state index in [1.807, 2.05) is 13.8 Å². The minimum absolute atomic E-state index is 0.319. The van der Waals surface area contributed by atoms with Gasteiger partial charge in [0.15, 0.2) is 0 Å². The summed E-state index contributed by atoms with van der Waals surface area (Å²) in [5, 5.41) is 0.479. The predicted molar refractivity (Wildman–Crippen MR) is 71.5 cm³/mol. The third-order valence-electron chi connectivity index (χ3n) is 2.46. The van der Waals surface area contributed by atoms with Crippen LogP contribution in [0.4, 0.5) is 0 Å². The summed E-state index contributed by atoms with van der Waals surface area (Å²) in [5.74, 6) is 1.30. The Balaban J connectivity index is 2.61. The first-order valence-electron chi connectivity index (χ1n) is 5.84. The molecule has 1 aromatic rings. The Morgan fingerprint density at radius 2 is 2.18 bits per heavy atom. The van der Waals surface area contributed by atoms with Crippen molar-refractivity contribution in [1.29, 1.82) is 0 Å². The number of nitrogens with zero attached hydrogens (tertiary/aromatic N) is 1. The van der Waals surface area contributed by atoms with Crippen LogP contribution >= 0.6 is 11.6 Å². The molecule has 4 heteroatoms. The van der Waals surface area contributed by atoms with E-state index in [0.29, 0.717) is 17.7 Å². The van der Waals surface area contributed by atoms with Crippen LogP contribution in [0.2, 0.25) is 5.15 Å². The molecule has 1 unspecified atom stereocenters. The average molecular weight is 257 g/mol. The van der Waals surface area contributed by atoms with Gasteiger partial charge in [0, 0.05) is 5.54 Å². The largest absolute Gasteiger partial charge is 0.490 e. The average Bonchev–Trinajstić information content (AvgIpc) is 2.14. The normalized spacial score (nSPS) is 14.8. The maximum absolute atomic E-state index is 6.17. The van der Waals surface area contributed by atoms with Crippen LogP contribution in [0.25, 0.3) is 0 Å². The van der Waals surface area contributed by atoms with E-state index in [9.17, 15) is 0 Å². The van der Waals surface area contributed by atoms with Gasteiger partial charge in [-0.05, 0) is 37.8 Å². The zero-order valence-corrected chi connectivity index (χ0v) is 11.7. The van der Waals surface area contributed by atoms with Crippen LogP contribution in [0.15, 0.2) is 12.3 Å². The zero-order valence-electron chi connectivity index (χ0n) is 11.0. The van der Waals surface area contributed by atoms with Crippen molar-refractivity contribution in [2.75, 3.05) is 6.61 Å². The molecule has 0 saturated carbocycles. The molecular formula is C13H21ClN2O. The number of nitrogens with two attached hydrogens (primary N) is 1. The van der Waals surface area contributed by atoms with Crippen LogP contribution in [0, 0.1) is 12.8 Å². The number of hydrogen-bond acceptors (Lipinski definition) is 3. The summed E-state index contributed by atoms with van der Waals surface area (Å²) in [6.45, 7) is 8.74. The molecule has 0 radical (unpaired) electrons. The molecule has 1 rings (SSSR count). The fourth-order valence-corrected chi connectivity index (χ4v) is 2.11. The van der Waals surface area contributed by atoms with E-state index < -0.39 is 0 Å². The van der Waals surface area contributed by atoms with E-state index in [0.717, 1.165) is 17.7 Å². The maximum Gasteiger partial charge on any atom is 0.140 e. The summed E-state index contributed by atoms with van der Waals surface area (Å²) in [6.07, 6.45) is 2.57. The molecule has 17 heavy (non-hydrogen) atoms. The molecular weight excluding hydrogens is 236 g/mol. The summed E-state index contributed by atoms with van der Waals surface area (Å²) < 4.78 is 5.71. The van der Waals surface area contributed by atoms with Gasteiger partial charge in [-0.25, -0.2) is 4.98 Å². The van der Waals surface area contributed by atoms with E-state index in [4.69, 9.17) is 22.1 Å². The molecule has 0 fully saturated rings. The molecule has 1 aromatic heterocycles. The lowest BCUT2D eigenvalue weighted by atomic mass is 9.93. The number of ether oxygens (including phenoxy) is 1. The van der Waals surface area contributed by atoms with Crippen LogP contribution in [0.5, 0.6) is 5.75 Å². The molecule has 0 amide bonds. The van der Waals surface area contributed by atoms with Crippen LogP contribution in [-0.4, -0.2) is 17.1 Å². The van der Waals surface area contributed by atoms with Crippen molar-refractivity contribution in [3.63, 3.8) is 0 Å². The van der Waals surface area contributed by atoms with Gasteiger partial charge in [-0.3, -0.25) is 0 Å². The quantitative estimate of drug-likeness (QED) is 0.823. The van der Waals surface area contributed by atoms with Gasteiger partial charge in [-0.2, -0.15) is 0 Å². The van der Waals surface area contributed by atoms with Gasteiger partial charge in [-0.1, -0.05) is 25.4 Å².